The average molecular weight is 373 g/mol. The summed E-state index contributed by atoms with van der Waals surface area (Å²) in [5, 5.41) is 0.541. The number of nitrogens with zero attached hydrogens (tertiary/aromatic N) is 2. The molecule has 0 amide bonds. The fraction of sp³-hybridized carbons (Fsp3) is 0.286. The number of halogens is 2. The van der Waals surface area contributed by atoms with Crippen LogP contribution in [0.3, 0.4) is 0 Å². The van der Waals surface area contributed by atoms with Gasteiger partial charge >= 0.3 is 0 Å². The summed E-state index contributed by atoms with van der Waals surface area (Å²) in [6.07, 6.45) is 1.01. The van der Waals surface area contributed by atoms with Crippen molar-refractivity contribution >= 4 is 34.2 Å². The lowest BCUT2D eigenvalue weighted by atomic mass is 10.1. The average Bonchev–Trinajstić information content (AvgIpc) is 2.41. The largest absolute Gasteiger partial charge is 0.231 e. The Labute approximate surface area is 126 Å². The summed E-state index contributed by atoms with van der Waals surface area (Å²) in [4.78, 5) is 9.05. The van der Waals surface area contributed by atoms with Gasteiger partial charge in [-0.3, -0.25) is 0 Å². The first-order valence-electron chi connectivity index (χ1n) is 5.91. The molecule has 2 nitrogen and oxygen atoms in total. The van der Waals surface area contributed by atoms with Crippen molar-refractivity contribution < 1.29 is 0 Å². The van der Waals surface area contributed by atoms with Crippen LogP contribution in [-0.2, 0) is 0 Å². The molecule has 0 radical (unpaired) electrons. The SMILES string of the molecule is CCC(C)c1nc(Cl)c(I)c(-c2ccccc2)n1. The molecule has 0 aliphatic rings. The maximum atomic E-state index is 6.21. The van der Waals surface area contributed by atoms with Crippen molar-refractivity contribution in [3.63, 3.8) is 0 Å². The number of hydrogen-bond acceptors (Lipinski definition) is 2. The Balaban J connectivity index is 2.56. The molecule has 94 valence electrons. The minimum Gasteiger partial charge on any atom is -0.231 e. The summed E-state index contributed by atoms with van der Waals surface area (Å²) >= 11 is 8.41. The van der Waals surface area contributed by atoms with Gasteiger partial charge in [-0.1, -0.05) is 55.8 Å². The molecule has 18 heavy (non-hydrogen) atoms. The molecule has 0 N–H and O–H groups in total. The Morgan fingerprint density at radius 1 is 1.22 bits per heavy atom. The third-order valence-electron chi connectivity index (χ3n) is 2.93. The molecule has 2 rings (SSSR count). The van der Waals surface area contributed by atoms with E-state index in [1.165, 1.54) is 0 Å². The number of benzene rings is 1. The van der Waals surface area contributed by atoms with Crippen LogP contribution in [0.5, 0.6) is 0 Å². The van der Waals surface area contributed by atoms with Crippen LogP contribution in [0.2, 0.25) is 5.15 Å². The lowest BCUT2D eigenvalue weighted by molar-refractivity contribution is 0.678. The van der Waals surface area contributed by atoms with Gasteiger partial charge in [0.15, 0.2) is 0 Å². The minimum atomic E-state index is 0.321. The van der Waals surface area contributed by atoms with Gasteiger partial charge in [-0.25, -0.2) is 9.97 Å². The van der Waals surface area contributed by atoms with Crippen LogP contribution < -0.4 is 0 Å². The van der Waals surface area contributed by atoms with Crippen molar-refractivity contribution in [3.05, 3.63) is 44.9 Å². The highest BCUT2D eigenvalue weighted by molar-refractivity contribution is 14.1. The molecule has 0 aliphatic carbocycles. The van der Waals surface area contributed by atoms with Gasteiger partial charge in [0, 0.05) is 11.5 Å². The van der Waals surface area contributed by atoms with E-state index in [2.05, 4.69) is 46.4 Å². The van der Waals surface area contributed by atoms with Gasteiger partial charge in [0.2, 0.25) is 0 Å². The van der Waals surface area contributed by atoms with E-state index in [0.29, 0.717) is 11.1 Å². The van der Waals surface area contributed by atoms with Crippen molar-refractivity contribution in [3.8, 4) is 11.3 Å². The Kier molecular flexibility index (Phi) is 4.56. The molecular formula is C14H14ClIN2. The lowest BCUT2D eigenvalue weighted by Crippen LogP contribution is -2.04. The maximum Gasteiger partial charge on any atom is 0.146 e. The van der Waals surface area contributed by atoms with Crippen molar-refractivity contribution in [1.29, 1.82) is 0 Å². The highest BCUT2D eigenvalue weighted by atomic mass is 127. The van der Waals surface area contributed by atoms with E-state index in [4.69, 9.17) is 11.6 Å². The Hall–Kier alpha value is -0.680. The minimum absolute atomic E-state index is 0.321. The van der Waals surface area contributed by atoms with E-state index >= 15 is 0 Å². The van der Waals surface area contributed by atoms with E-state index in [1.54, 1.807) is 0 Å². The van der Waals surface area contributed by atoms with Crippen molar-refractivity contribution in [2.24, 2.45) is 0 Å². The first kappa shape index (κ1) is 13.7. The topological polar surface area (TPSA) is 25.8 Å². The van der Waals surface area contributed by atoms with Gasteiger partial charge in [0.25, 0.3) is 0 Å². The summed E-state index contributed by atoms with van der Waals surface area (Å²) < 4.78 is 0.910. The highest BCUT2D eigenvalue weighted by Gasteiger charge is 2.15. The number of hydrogen-bond donors (Lipinski definition) is 0. The van der Waals surface area contributed by atoms with E-state index < -0.39 is 0 Å². The zero-order valence-corrected chi connectivity index (χ0v) is 13.2. The first-order valence-corrected chi connectivity index (χ1v) is 7.37. The molecule has 1 atom stereocenters. The van der Waals surface area contributed by atoms with Crippen LogP contribution in [0.15, 0.2) is 30.3 Å². The summed E-state index contributed by atoms with van der Waals surface area (Å²) in [7, 11) is 0. The predicted octanol–water partition coefficient (Wildman–Crippen LogP) is 4.92. The molecule has 0 aliphatic heterocycles. The van der Waals surface area contributed by atoms with Crippen LogP contribution in [0.1, 0.15) is 32.0 Å². The maximum absolute atomic E-state index is 6.21. The Morgan fingerprint density at radius 3 is 2.50 bits per heavy atom. The summed E-state index contributed by atoms with van der Waals surface area (Å²) in [5.41, 5.74) is 2.00. The van der Waals surface area contributed by atoms with Crippen molar-refractivity contribution in [2.45, 2.75) is 26.2 Å². The number of rotatable bonds is 3. The lowest BCUT2D eigenvalue weighted by Gasteiger charge is -2.12. The monoisotopic (exact) mass is 372 g/mol. The van der Waals surface area contributed by atoms with E-state index in [1.807, 2.05) is 30.3 Å². The molecule has 0 bridgehead atoms. The van der Waals surface area contributed by atoms with Crippen LogP contribution in [0.25, 0.3) is 11.3 Å². The third kappa shape index (κ3) is 2.83. The second-order valence-corrected chi connectivity index (χ2v) is 5.65. The molecule has 0 fully saturated rings. The van der Waals surface area contributed by atoms with Gasteiger partial charge in [0.05, 0.1) is 9.26 Å². The molecule has 1 aromatic carbocycles. The standard InChI is InChI=1S/C14H14ClIN2/c1-3-9(2)14-17-12(11(16)13(15)18-14)10-7-5-4-6-8-10/h4-9H,3H2,1-2H3. The van der Waals surface area contributed by atoms with Gasteiger partial charge in [-0.2, -0.15) is 0 Å². The Bertz CT molecular complexity index is 543. The van der Waals surface area contributed by atoms with Crippen LogP contribution in [-0.4, -0.2) is 9.97 Å². The molecule has 1 aromatic heterocycles. The fourth-order valence-electron chi connectivity index (χ4n) is 1.63. The molecule has 1 unspecified atom stereocenters. The Morgan fingerprint density at radius 2 is 1.89 bits per heavy atom. The molecular weight excluding hydrogens is 359 g/mol. The summed E-state index contributed by atoms with van der Waals surface area (Å²) in [6.45, 7) is 4.25. The van der Waals surface area contributed by atoms with Gasteiger partial charge in [0.1, 0.15) is 11.0 Å². The van der Waals surface area contributed by atoms with Crippen molar-refractivity contribution in [2.75, 3.05) is 0 Å². The molecule has 2 aromatic rings. The summed E-state index contributed by atoms with van der Waals surface area (Å²) in [5.74, 6) is 1.14. The second-order valence-electron chi connectivity index (χ2n) is 4.21. The highest BCUT2D eigenvalue weighted by Crippen LogP contribution is 2.29. The van der Waals surface area contributed by atoms with Crippen molar-refractivity contribution in [1.82, 2.24) is 9.97 Å². The smallest absolute Gasteiger partial charge is 0.146 e. The summed E-state index contributed by atoms with van der Waals surface area (Å²) in [6, 6.07) is 10.1. The third-order valence-corrected chi connectivity index (χ3v) is 4.54. The van der Waals surface area contributed by atoms with Crippen LogP contribution in [0.4, 0.5) is 0 Å². The van der Waals surface area contributed by atoms with Gasteiger partial charge in [-0.15, -0.1) is 0 Å². The normalized spacial score (nSPS) is 12.4. The van der Waals surface area contributed by atoms with E-state index in [-0.39, 0.29) is 0 Å². The zero-order valence-electron chi connectivity index (χ0n) is 10.3. The quantitative estimate of drug-likeness (QED) is 0.565. The van der Waals surface area contributed by atoms with Crippen LogP contribution in [0, 0.1) is 3.57 Å². The molecule has 4 heteroatoms. The van der Waals surface area contributed by atoms with Gasteiger partial charge in [-0.05, 0) is 29.0 Å². The predicted molar refractivity (Wildman–Crippen MR) is 83.9 cm³/mol. The molecule has 0 saturated carbocycles. The number of aromatic nitrogens is 2. The molecule has 0 spiro atoms. The second kappa shape index (κ2) is 5.97. The van der Waals surface area contributed by atoms with Gasteiger partial charge < -0.3 is 0 Å². The molecule has 1 heterocycles. The molecule has 0 saturated heterocycles. The zero-order chi connectivity index (χ0) is 13.1. The first-order chi connectivity index (χ1) is 8.63. The fourth-order valence-corrected chi connectivity index (χ4v) is 2.35. The van der Waals surface area contributed by atoms with E-state index in [9.17, 15) is 0 Å². The van der Waals surface area contributed by atoms with E-state index in [0.717, 1.165) is 27.1 Å². The van der Waals surface area contributed by atoms with Crippen LogP contribution >= 0.6 is 34.2 Å².